The Morgan fingerprint density at radius 1 is 1.46 bits per heavy atom. The number of rotatable bonds is 5. The van der Waals surface area contributed by atoms with Crippen molar-refractivity contribution in [3.8, 4) is 0 Å². The van der Waals surface area contributed by atoms with E-state index in [2.05, 4.69) is 5.32 Å². The van der Waals surface area contributed by atoms with Crippen LogP contribution in [0.15, 0.2) is 24.4 Å². The van der Waals surface area contributed by atoms with E-state index in [0.29, 0.717) is 12.5 Å². The molecule has 1 aliphatic rings. The van der Waals surface area contributed by atoms with Gasteiger partial charge in [-0.15, -0.1) is 0 Å². The Morgan fingerprint density at radius 2 is 2.38 bits per heavy atom. The minimum absolute atomic E-state index is 0.598. The molecule has 0 aromatic carbocycles. The summed E-state index contributed by atoms with van der Waals surface area (Å²) in [7, 11) is 0. The highest BCUT2D eigenvalue weighted by Gasteiger charge is 2.13. The average molecular weight is 182 g/mol. The number of nitrogens with two attached hydrogens (primary N) is 1. The topological polar surface area (TPSA) is 47.3 Å². The molecule has 0 aromatic heterocycles. The first kappa shape index (κ1) is 10.3. The van der Waals surface area contributed by atoms with Gasteiger partial charge >= 0.3 is 0 Å². The van der Waals surface area contributed by atoms with Crippen LogP contribution < -0.4 is 11.1 Å². The van der Waals surface area contributed by atoms with E-state index in [1.165, 1.54) is 6.42 Å². The molecule has 1 saturated heterocycles. The van der Waals surface area contributed by atoms with Crippen LogP contribution in [0.2, 0.25) is 0 Å². The van der Waals surface area contributed by atoms with Gasteiger partial charge < -0.3 is 15.8 Å². The summed E-state index contributed by atoms with van der Waals surface area (Å²) in [5, 5.41) is 3.23. The van der Waals surface area contributed by atoms with Gasteiger partial charge in [-0.25, -0.2) is 0 Å². The van der Waals surface area contributed by atoms with Gasteiger partial charge in [-0.3, -0.25) is 0 Å². The fourth-order valence-corrected chi connectivity index (χ4v) is 1.26. The first-order valence-corrected chi connectivity index (χ1v) is 4.76. The highest BCUT2D eigenvalue weighted by Crippen LogP contribution is 2.10. The Kier molecular flexibility index (Phi) is 5.29. The zero-order valence-corrected chi connectivity index (χ0v) is 7.91. The minimum atomic E-state index is 0.598. The summed E-state index contributed by atoms with van der Waals surface area (Å²) in [4.78, 5) is 0. The number of nitrogens with one attached hydrogen (secondary N) is 1. The Balaban J connectivity index is 1.99. The van der Waals surface area contributed by atoms with E-state index < -0.39 is 0 Å². The predicted octanol–water partition coefficient (Wildman–Crippen LogP) is 0.641. The molecule has 0 aliphatic carbocycles. The summed E-state index contributed by atoms with van der Waals surface area (Å²) >= 11 is 0. The van der Waals surface area contributed by atoms with Gasteiger partial charge in [0.05, 0.1) is 6.61 Å². The Morgan fingerprint density at radius 3 is 3.08 bits per heavy atom. The van der Waals surface area contributed by atoms with E-state index in [9.17, 15) is 0 Å². The van der Waals surface area contributed by atoms with E-state index in [1.54, 1.807) is 0 Å². The first-order chi connectivity index (χ1) is 6.43. The second-order valence-electron chi connectivity index (χ2n) is 3.16. The molecule has 3 nitrogen and oxygen atoms in total. The smallest absolute Gasteiger partial charge is 0.0511 e. The van der Waals surface area contributed by atoms with Gasteiger partial charge in [0.2, 0.25) is 0 Å². The van der Waals surface area contributed by atoms with Crippen molar-refractivity contribution in [1.82, 2.24) is 5.32 Å². The van der Waals surface area contributed by atoms with Crippen LogP contribution in [0, 0.1) is 5.92 Å². The molecule has 0 radical (unpaired) electrons. The lowest BCUT2D eigenvalue weighted by Gasteiger charge is -2.05. The third-order valence-electron chi connectivity index (χ3n) is 2.03. The number of ether oxygens (including phenoxy) is 1. The fourth-order valence-electron chi connectivity index (χ4n) is 1.26. The molecule has 1 fully saturated rings. The maximum Gasteiger partial charge on any atom is 0.0511 e. The zero-order chi connectivity index (χ0) is 9.36. The average Bonchev–Trinajstić information content (AvgIpc) is 2.63. The van der Waals surface area contributed by atoms with Crippen LogP contribution in [0.25, 0.3) is 0 Å². The van der Waals surface area contributed by atoms with Gasteiger partial charge in [0.15, 0.2) is 0 Å². The summed E-state index contributed by atoms with van der Waals surface area (Å²) in [6.45, 7) is 3.43. The molecule has 0 spiro atoms. The molecule has 13 heavy (non-hydrogen) atoms. The van der Waals surface area contributed by atoms with Gasteiger partial charge in [-0.1, -0.05) is 12.2 Å². The highest BCUT2D eigenvalue weighted by molar-refractivity contribution is 5.01. The molecule has 3 N–H and O–H groups in total. The van der Waals surface area contributed by atoms with Crippen molar-refractivity contribution in [3.63, 3.8) is 0 Å². The van der Waals surface area contributed by atoms with Gasteiger partial charge in [0, 0.05) is 25.6 Å². The maximum absolute atomic E-state index is 5.29. The van der Waals surface area contributed by atoms with Crippen molar-refractivity contribution in [3.05, 3.63) is 24.4 Å². The molecule has 3 heteroatoms. The van der Waals surface area contributed by atoms with E-state index in [1.807, 2.05) is 24.4 Å². The summed E-state index contributed by atoms with van der Waals surface area (Å²) < 4.78 is 5.26. The quantitative estimate of drug-likeness (QED) is 0.613. The van der Waals surface area contributed by atoms with Crippen LogP contribution in [-0.2, 0) is 4.74 Å². The molecule has 0 amide bonds. The molecular weight excluding hydrogens is 164 g/mol. The van der Waals surface area contributed by atoms with Crippen molar-refractivity contribution in [2.45, 2.75) is 6.42 Å². The standard InChI is InChI=1S/C10H18N2O/c11-5-2-1-3-6-12-8-10-4-7-13-9-10/h1-3,6,10,12H,4-5,7-9,11H2. The van der Waals surface area contributed by atoms with Crippen molar-refractivity contribution in [2.24, 2.45) is 11.7 Å². The van der Waals surface area contributed by atoms with Crippen LogP contribution in [0.5, 0.6) is 0 Å². The highest BCUT2D eigenvalue weighted by atomic mass is 16.5. The second-order valence-corrected chi connectivity index (χ2v) is 3.16. The van der Waals surface area contributed by atoms with Crippen LogP contribution in [0.3, 0.4) is 0 Å². The molecule has 1 heterocycles. The third kappa shape index (κ3) is 4.70. The van der Waals surface area contributed by atoms with Crippen molar-refractivity contribution in [1.29, 1.82) is 0 Å². The zero-order valence-electron chi connectivity index (χ0n) is 7.91. The van der Waals surface area contributed by atoms with Gasteiger partial charge in [-0.05, 0) is 18.7 Å². The maximum atomic E-state index is 5.29. The summed E-state index contributed by atoms with van der Waals surface area (Å²) in [6.07, 6.45) is 8.95. The van der Waals surface area contributed by atoms with Crippen molar-refractivity contribution >= 4 is 0 Å². The Hall–Kier alpha value is -0.800. The lowest BCUT2D eigenvalue weighted by atomic mass is 10.1. The molecule has 0 aromatic rings. The number of allylic oxidation sites excluding steroid dienone is 2. The molecular formula is C10H18N2O. The van der Waals surface area contributed by atoms with E-state index in [4.69, 9.17) is 10.5 Å². The monoisotopic (exact) mass is 182 g/mol. The molecule has 1 rings (SSSR count). The summed E-state index contributed by atoms with van der Waals surface area (Å²) in [5.74, 6) is 0.683. The van der Waals surface area contributed by atoms with Crippen molar-refractivity contribution in [2.75, 3.05) is 26.3 Å². The van der Waals surface area contributed by atoms with Crippen LogP contribution in [-0.4, -0.2) is 26.3 Å². The predicted molar refractivity (Wildman–Crippen MR) is 54.3 cm³/mol. The van der Waals surface area contributed by atoms with E-state index >= 15 is 0 Å². The first-order valence-electron chi connectivity index (χ1n) is 4.76. The molecule has 0 saturated carbocycles. The Bertz CT molecular complexity index is 172. The molecule has 1 atom stereocenters. The third-order valence-corrected chi connectivity index (χ3v) is 2.03. The lowest BCUT2D eigenvalue weighted by Crippen LogP contribution is -2.17. The lowest BCUT2D eigenvalue weighted by molar-refractivity contribution is 0.186. The van der Waals surface area contributed by atoms with E-state index in [0.717, 1.165) is 19.8 Å². The van der Waals surface area contributed by atoms with Gasteiger partial charge in [0.25, 0.3) is 0 Å². The molecule has 1 unspecified atom stereocenters. The van der Waals surface area contributed by atoms with E-state index in [-0.39, 0.29) is 0 Å². The summed E-state index contributed by atoms with van der Waals surface area (Å²) in [6, 6.07) is 0. The van der Waals surface area contributed by atoms with Gasteiger partial charge in [0.1, 0.15) is 0 Å². The molecule has 1 aliphatic heterocycles. The van der Waals surface area contributed by atoms with Crippen molar-refractivity contribution < 1.29 is 4.74 Å². The number of hydrogen-bond donors (Lipinski definition) is 2. The molecule has 74 valence electrons. The normalized spacial score (nSPS) is 23.3. The van der Waals surface area contributed by atoms with Crippen LogP contribution in [0.4, 0.5) is 0 Å². The fraction of sp³-hybridized carbons (Fsp3) is 0.600. The minimum Gasteiger partial charge on any atom is -0.391 e. The van der Waals surface area contributed by atoms with Crippen LogP contribution >= 0.6 is 0 Å². The molecule has 0 bridgehead atoms. The Labute approximate surface area is 79.6 Å². The largest absolute Gasteiger partial charge is 0.391 e. The summed E-state index contributed by atoms with van der Waals surface area (Å²) in [5.41, 5.74) is 5.29. The van der Waals surface area contributed by atoms with Crippen LogP contribution in [0.1, 0.15) is 6.42 Å². The second kappa shape index (κ2) is 6.69. The van der Waals surface area contributed by atoms with Gasteiger partial charge in [-0.2, -0.15) is 0 Å². The number of hydrogen-bond acceptors (Lipinski definition) is 3. The SMILES string of the molecule is NCC=CC=CNCC1CCOC1.